The molecule has 2 aliphatic carbocycles. The third-order valence-corrected chi connectivity index (χ3v) is 5.06. The van der Waals surface area contributed by atoms with Crippen molar-refractivity contribution in [2.45, 2.75) is 26.7 Å². The van der Waals surface area contributed by atoms with Crippen LogP contribution in [0.2, 0.25) is 0 Å². The number of rotatable bonds is 4. The van der Waals surface area contributed by atoms with Crippen LogP contribution in [-0.2, 0) is 0 Å². The molecule has 4 rings (SSSR count). The first kappa shape index (κ1) is 16.3. The molecule has 4 nitrogen and oxygen atoms in total. The lowest BCUT2D eigenvalue weighted by molar-refractivity contribution is 0.0692. The van der Waals surface area contributed by atoms with Crippen molar-refractivity contribution in [2.75, 3.05) is 0 Å². The van der Waals surface area contributed by atoms with E-state index < -0.39 is 5.97 Å². The van der Waals surface area contributed by atoms with Crippen molar-refractivity contribution in [3.8, 4) is 22.3 Å². The summed E-state index contributed by atoms with van der Waals surface area (Å²) < 4.78 is 0. The lowest BCUT2D eigenvalue weighted by Crippen LogP contribution is -2.11. The Morgan fingerprint density at radius 2 is 1.27 bits per heavy atom. The summed E-state index contributed by atoms with van der Waals surface area (Å²) in [6.07, 6.45) is 1.82. The number of carbonyl (C=O) groups is 2. The summed E-state index contributed by atoms with van der Waals surface area (Å²) in [5, 5.41) is 20.0. The van der Waals surface area contributed by atoms with Gasteiger partial charge in [-0.15, -0.1) is 0 Å². The normalized spacial score (nSPS) is 13.4. The molecule has 0 bridgehead atoms. The number of ketones is 1. The fourth-order valence-electron chi connectivity index (χ4n) is 3.54. The highest BCUT2D eigenvalue weighted by Gasteiger charge is 2.30. The minimum atomic E-state index is -1.11. The van der Waals surface area contributed by atoms with E-state index in [1.54, 1.807) is 12.1 Å². The second-order valence-corrected chi connectivity index (χ2v) is 6.98. The van der Waals surface area contributed by atoms with E-state index in [2.05, 4.69) is 6.58 Å². The van der Waals surface area contributed by atoms with Gasteiger partial charge in [0.1, 0.15) is 5.76 Å². The maximum Gasteiger partial charge on any atom is 0.336 e. The van der Waals surface area contributed by atoms with Gasteiger partial charge in [0.25, 0.3) is 0 Å². The summed E-state index contributed by atoms with van der Waals surface area (Å²) >= 11 is 0. The number of allylic oxidation sites excluding steroid dienone is 2. The highest BCUT2D eigenvalue weighted by atomic mass is 16.4. The van der Waals surface area contributed by atoms with Crippen LogP contribution >= 0.6 is 0 Å². The van der Waals surface area contributed by atoms with Crippen molar-refractivity contribution in [3.63, 3.8) is 0 Å². The minimum absolute atomic E-state index is 0.0193. The van der Waals surface area contributed by atoms with Crippen LogP contribution in [0.1, 0.15) is 58.5 Å². The molecule has 0 spiro atoms. The molecule has 0 saturated heterocycles. The predicted octanol–water partition coefficient (Wildman–Crippen LogP) is 5.33. The second kappa shape index (κ2) is 5.43. The molecule has 0 aliphatic heterocycles. The molecule has 0 amide bonds. The van der Waals surface area contributed by atoms with E-state index in [9.17, 15) is 19.8 Å². The number of carboxylic acid groups (broad SMARTS) is 1. The van der Waals surface area contributed by atoms with Gasteiger partial charge in [-0.1, -0.05) is 12.2 Å². The van der Waals surface area contributed by atoms with E-state index in [0.717, 1.165) is 57.4 Å². The first-order valence-electron chi connectivity index (χ1n) is 8.48. The Labute approximate surface area is 151 Å². The number of carbonyl (C=O) groups excluding carboxylic acids is 1. The SMILES string of the molecule is C=C(C)c1cc2c(cc1C(O)=C1CC1)-c1cc(C(C)=O)c(C(=O)O)cc1-2. The molecule has 2 aliphatic rings. The van der Waals surface area contributed by atoms with Gasteiger partial charge in [0.15, 0.2) is 5.78 Å². The van der Waals surface area contributed by atoms with Crippen molar-refractivity contribution in [1.29, 1.82) is 0 Å². The van der Waals surface area contributed by atoms with E-state index in [1.807, 2.05) is 19.1 Å². The summed E-state index contributed by atoms with van der Waals surface area (Å²) in [4.78, 5) is 23.4. The second-order valence-electron chi connectivity index (χ2n) is 6.98. The van der Waals surface area contributed by atoms with E-state index in [1.165, 1.54) is 6.92 Å². The predicted molar refractivity (Wildman–Crippen MR) is 101 cm³/mol. The van der Waals surface area contributed by atoms with Crippen LogP contribution in [0.3, 0.4) is 0 Å². The zero-order valence-corrected chi connectivity index (χ0v) is 14.6. The minimum Gasteiger partial charge on any atom is -0.507 e. The van der Waals surface area contributed by atoms with Crippen LogP contribution in [0, 0.1) is 0 Å². The third kappa shape index (κ3) is 2.30. The van der Waals surface area contributed by atoms with Gasteiger partial charge in [-0.05, 0) is 84.3 Å². The molecule has 2 N–H and O–H groups in total. The molecule has 26 heavy (non-hydrogen) atoms. The Kier molecular flexibility index (Phi) is 3.41. The smallest absolute Gasteiger partial charge is 0.336 e. The largest absolute Gasteiger partial charge is 0.507 e. The lowest BCUT2D eigenvalue weighted by Gasteiger charge is -2.28. The van der Waals surface area contributed by atoms with Gasteiger partial charge in [0.2, 0.25) is 0 Å². The zero-order chi connectivity index (χ0) is 18.7. The van der Waals surface area contributed by atoms with Crippen LogP contribution in [-0.4, -0.2) is 22.0 Å². The van der Waals surface area contributed by atoms with Gasteiger partial charge < -0.3 is 10.2 Å². The summed E-state index contributed by atoms with van der Waals surface area (Å²) in [6, 6.07) is 7.09. The number of Topliss-reactive ketones (excluding diaryl/α,β-unsaturated/α-hetero) is 1. The van der Waals surface area contributed by atoms with Crippen molar-refractivity contribution in [2.24, 2.45) is 0 Å². The molecule has 0 atom stereocenters. The molecule has 0 unspecified atom stereocenters. The molecular formula is C22H18O4. The number of hydrogen-bond donors (Lipinski definition) is 2. The molecule has 4 heteroatoms. The van der Waals surface area contributed by atoms with Gasteiger partial charge in [-0.3, -0.25) is 4.79 Å². The number of carboxylic acids is 1. The summed E-state index contributed by atoms with van der Waals surface area (Å²) in [6.45, 7) is 7.26. The van der Waals surface area contributed by atoms with Gasteiger partial charge >= 0.3 is 5.97 Å². The van der Waals surface area contributed by atoms with Gasteiger partial charge in [0.05, 0.1) is 5.56 Å². The highest BCUT2D eigenvalue weighted by Crippen LogP contribution is 2.51. The molecule has 130 valence electrons. The van der Waals surface area contributed by atoms with Crippen LogP contribution in [0.4, 0.5) is 0 Å². The molecule has 0 aromatic heterocycles. The first-order chi connectivity index (χ1) is 12.3. The molecule has 0 heterocycles. The van der Waals surface area contributed by atoms with Gasteiger partial charge in [-0.2, -0.15) is 0 Å². The fourth-order valence-corrected chi connectivity index (χ4v) is 3.54. The maximum absolute atomic E-state index is 11.9. The monoisotopic (exact) mass is 346 g/mol. The average molecular weight is 346 g/mol. The lowest BCUT2D eigenvalue weighted by atomic mass is 9.75. The van der Waals surface area contributed by atoms with Crippen LogP contribution in [0.5, 0.6) is 0 Å². The van der Waals surface area contributed by atoms with Crippen molar-refractivity contribution in [3.05, 3.63) is 58.7 Å². The average Bonchev–Trinajstić information content (AvgIpc) is 3.41. The first-order valence-corrected chi connectivity index (χ1v) is 8.48. The number of aliphatic hydroxyl groups is 1. The quantitative estimate of drug-likeness (QED) is 0.494. The highest BCUT2D eigenvalue weighted by molar-refractivity contribution is 6.12. The Morgan fingerprint density at radius 3 is 1.69 bits per heavy atom. The van der Waals surface area contributed by atoms with E-state index >= 15 is 0 Å². The van der Waals surface area contributed by atoms with Crippen LogP contribution < -0.4 is 0 Å². The van der Waals surface area contributed by atoms with Gasteiger partial charge in [-0.25, -0.2) is 4.79 Å². The topological polar surface area (TPSA) is 74.6 Å². The van der Waals surface area contributed by atoms with Crippen molar-refractivity contribution in [1.82, 2.24) is 0 Å². The van der Waals surface area contributed by atoms with E-state index in [0.29, 0.717) is 5.76 Å². The molecule has 2 aromatic rings. The molecule has 2 aromatic carbocycles. The molecule has 0 radical (unpaired) electrons. The number of aromatic carboxylic acids is 1. The van der Waals surface area contributed by atoms with Crippen LogP contribution in [0.25, 0.3) is 33.6 Å². The molecular weight excluding hydrogens is 328 g/mol. The van der Waals surface area contributed by atoms with E-state index in [-0.39, 0.29) is 16.9 Å². The maximum atomic E-state index is 11.9. The van der Waals surface area contributed by atoms with E-state index in [4.69, 9.17) is 0 Å². The summed E-state index contributed by atoms with van der Waals surface area (Å²) in [7, 11) is 0. The Morgan fingerprint density at radius 1 is 0.808 bits per heavy atom. The molecule has 1 saturated carbocycles. The third-order valence-electron chi connectivity index (χ3n) is 5.06. The number of benzene rings is 2. The van der Waals surface area contributed by atoms with Gasteiger partial charge in [0, 0.05) is 11.1 Å². The Bertz CT molecular complexity index is 1060. The summed E-state index contributed by atoms with van der Waals surface area (Å²) in [5.41, 5.74) is 7.22. The molecule has 1 fully saturated rings. The standard InChI is InChI=1S/C22H18O4/c1-10(2)13-6-15-17(8-19(13)21(24)12-4-5-12)16-7-14(11(3)23)20(22(25)26)9-18(15)16/h6-9,24H,1,4-5H2,2-3H3,(H,25,26). The Hall–Kier alpha value is -3.14. The number of aliphatic hydroxyl groups excluding tert-OH is 1. The number of fused-ring (bicyclic) bond motifs is 4. The zero-order valence-electron chi connectivity index (χ0n) is 14.6. The Balaban J connectivity index is 1.94. The van der Waals surface area contributed by atoms with Crippen molar-refractivity contribution >= 4 is 23.1 Å². The van der Waals surface area contributed by atoms with Crippen LogP contribution in [0.15, 0.2) is 36.4 Å². The summed E-state index contributed by atoms with van der Waals surface area (Å²) in [5.74, 6) is -1.08. The fraction of sp³-hybridized carbons (Fsp3) is 0.182. The van der Waals surface area contributed by atoms with Crippen molar-refractivity contribution < 1.29 is 19.8 Å². The number of hydrogen-bond acceptors (Lipinski definition) is 3.